The number of likely N-dealkylation sites (N-methyl/N-ethyl adjacent to an activating group) is 1. The molecule has 10 N–H and O–H groups in total. The van der Waals surface area contributed by atoms with Crippen molar-refractivity contribution in [3.63, 3.8) is 0 Å². The van der Waals surface area contributed by atoms with Crippen LogP contribution in [-0.4, -0.2) is 163 Å². The number of nitrogens with zero attached hydrogens (tertiary/aromatic N) is 2. The van der Waals surface area contributed by atoms with Crippen molar-refractivity contribution in [3.05, 3.63) is 28.8 Å². The van der Waals surface area contributed by atoms with Gasteiger partial charge in [-0.15, -0.1) is 0 Å². The lowest BCUT2D eigenvalue weighted by Gasteiger charge is -2.43. The number of rotatable bonds is 14. The van der Waals surface area contributed by atoms with Gasteiger partial charge in [0.2, 0.25) is 47.3 Å². The number of cyclic esters (lactones) is 1. The van der Waals surface area contributed by atoms with Crippen molar-refractivity contribution in [3.8, 4) is 5.75 Å². The molecule has 22 nitrogen and oxygen atoms in total. The molecule has 23 heteroatoms. The van der Waals surface area contributed by atoms with Crippen LogP contribution in [0.4, 0.5) is 0 Å². The number of halogens is 1. The van der Waals surface area contributed by atoms with Gasteiger partial charge >= 0.3 is 5.97 Å². The van der Waals surface area contributed by atoms with Gasteiger partial charge in [0.1, 0.15) is 66.4 Å². The van der Waals surface area contributed by atoms with Gasteiger partial charge in [0.05, 0.1) is 17.2 Å². The Bertz CT molecular complexity index is 2020. The van der Waals surface area contributed by atoms with E-state index in [1.807, 2.05) is 0 Å². The van der Waals surface area contributed by atoms with E-state index in [2.05, 4.69) is 31.9 Å². The third-order valence-corrected chi connectivity index (χ3v) is 12.0. The largest absolute Gasteiger partial charge is 0.506 e. The summed E-state index contributed by atoms with van der Waals surface area (Å²) in [7, 11) is 1.21. The number of phenols is 1. The summed E-state index contributed by atoms with van der Waals surface area (Å²) in [5, 5.41) is 58.1. The van der Waals surface area contributed by atoms with Crippen LogP contribution in [-0.2, 0) is 54.3 Å². The lowest BCUT2D eigenvalue weighted by atomic mass is 9.96. The van der Waals surface area contributed by atoms with Crippen LogP contribution in [0.5, 0.6) is 5.75 Å². The highest BCUT2D eigenvalue weighted by Crippen LogP contribution is 2.27. The summed E-state index contributed by atoms with van der Waals surface area (Å²) in [6.45, 7) is 13.3. The fourth-order valence-electron chi connectivity index (χ4n) is 7.82. The molecule has 1 aromatic rings. The van der Waals surface area contributed by atoms with Crippen LogP contribution < -0.4 is 31.9 Å². The Morgan fingerprint density at radius 3 is 2.09 bits per heavy atom. The minimum Gasteiger partial charge on any atom is -0.506 e. The fraction of sp³-hybridized carbons (Fsp3) is 0.667. The Hall–Kier alpha value is -5.58. The molecule has 2 aliphatic rings. The maximum Gasteiger partial charge on any atom is 0.329 e. The molecule has 0 aromatic heterocycles. The molecule has 2 saturated heterocycles. The lowest BCUT2D eigenvalue weighted by Crippen LogP contribution is -2.67. The topological polar surface area (TPSA) is 322 Å². The van der Waals surface area contributed by atoms with Crippen molar-refractivity contribution in [1.29, 1.82) is 0 Å². The molecular formula is C45H69ClN8O14. The minimum absolute atomic E-state index is 0.0394. The number of phenolic OH excluding ortho intramolecular Hbond substituents is 1. The maximum absolute atomic E-state index is 14.6. The van der Waals surface area contributed by atoms with Gasteiger partial charge in [0, 0.05) is 19.9 Å². The van der Waals surface area contributed by atoms with Crippen molar-refractivity contribution in [1.82, 2.24) is 41.7 Å². The first-order chi connectivity index (χ1) is 31.7. The molecule has 380 valence electrons. The Morgan fingerprint density at radius 2 is 1.53 bits per heavy atom. The first-order valence-corrected chi connectivity index (χ1v) is 23.2. The number of aromatic hydroxyl groups is 1. The van der Waals surface area contributed by atoms with Crippen molar-refractivity contribution in [2.75, 3.05) is 7.05 Å². The molecule has 2 heterocycles. The highest BCUT2D eigenvalue weighted by atomic mass is 35.5. The smallest absolute Gasteiger partial charge is 0.329 e. The predicted molar refractivity (Wildman–Crippen MR) is 245 cm³/mol. The quantitative estimate of drug-likeness (QED) is 0.0987. The number of piperidine rings is 1. The van der Waals surface area contributed by atoms with E-state index in [0.29, 0.717) is 12.0 Å². The van der Waals surface area contributed by atoms with E-state index in [0.717, 1.165) is 9.80 Å². The third kappa shape index (κ3) is 15.0. The number of carbonyl (C=O) groups is 9. The van der Waals surface area contributed by atoms with Gasteiger partial charge in [-0.2, -0.15) is 0 Å². The summed E-state index contributed by atoms with van der Waals surface area (Å²) >= 11 is 6.19. The van der Waals surface area contributed by atoms with Gasteiger partial charge in [0.25, 0.3) is 0 Å². The molecule has 0 saturated carbocycles. The van der Waals surface area contributed by atoms with E-state index in [1.165, 1.54) is 52.9 Å². The average Bonchev–Trinajstić information content (AvgIpc) is 3.24. The van der Waals surface area contributed by atoms with Gasteiger partial charge in [0.15, 0.2) is 0 Å². The van der Waals surface area contributed by atoms with Crippen LogP contribution in [0.15, 0.2) is 18.2 Å². The Balaban J connectivity index is 2.20. The molecule has 3 rings (SSSR count). The molecule has 2 bridgehead atoms. The highest BCUT2D eigenvalue weighted by molar-refractivity contribution is 6.32. The first kappa shape index (κ1) is 56.7. The van der Waals surface area contributed by atoms with Gasteiger partial charge in [-0.05, 0) is 82.9 Å². The van der Waals surface area contributed by atoms with Crippen LogP contribution in [0, 0.1) is 11.8 Å². The maximum atomic E-state index is 14.6. The summed E-state index contributed by atoms with van der Waals surface area (Å²) in [4.78, 5) is 127. The Kier molecular flexibility index (Phi) is 21.0. The minimum atomic E-state index is -1.86. The number of esters is 1. The number of aliphatic hydroxyl groups excluding tert-OH is 3. The predicted octanol–water partition coefficient (Wildman–Crippen LogP) is -1.14. The third-order valence-electron chi connectivity index (χ3n) is 11.7. The second kappa shape index (κ2) is 25.2. The van der Waals surface area contributed by atoms with Crippen LogP contribution in [0.3, 0.4) is 0 Å². The zero-order valence-electron chi connectivity index (χ0n) is 40.2. The van der Waals surface area contributed by atoms with Crippen molar-refractivity contribution in [2.24, 2.45) is 11.8 Å². The molecule has 2 fully saturated rings. The van der Waals surface area contributed by atoms with Crippen LogP contribution in [0.25, 0.3) is 0 Å². The van der Waals surface area contributed by atoms with Crippen LogP contribution in [0.2, 0.25) is 5.02 Å². The van der Waals surface area contributed by atoms with Crippen molar-refractivity contribution < 1.29 is 68.3 Å². The average molecular weight is 982 g/mol. The van der Waals surface area contributed by atoms with Gasteiger partial charge in [-0.3, -0.25) is 38.4 Å². The standard InChI is InChI=1S/C45H69ClN8O14/c1-11-12-32(58)47-22(6)38(60)51-35(23(7)55)41(63)52-36-25(9)68-45(67)34(21(4)5)50-40(62)30(19-26-13-15-31(57)27(46)18-26)53(10)44(66)37(24(8)56)54-33(59)16-14-28(43(54)65)48-39(61)29(17-20(2)3)49-42(36)64/h13,15,18,20-25,28-30,33-37,55-57,59H,11-12,14,16-17,19H2,1-10H3,(H,47,58)(H,48,61)(H,49,64)(H,50,62)(H,51,60)(H,52,63)/t22-,23-,24-,25-,28+,29+,30+,33+,34-,35-,36-,37-/m1/s1. The molecule has 68 heavy (non-hydrogen) atoms. The number of aliphatic hydroxyl groups is 3. The van der Waals surface area contributed by atoms with Gasteiger partial charge in [-0.1, -0.05) is 52.3 Å². The van der Waals surface area contributed by atoms with E-state index < -0.39 is 132 Å². The second-order valence-electron chi connectivity index (χ2n) is 18.3. The zero-order chi connectivity index (χ0) is 51.5. The van der Waals surface area contributed by atoms with E-state index in [-0.39, 0.29) is 48.8 Å². The van der Waals surface area contributed by atoms with E-state index in [4.69, 9.17) is 16.3 Å². The molecule has 8 amide bonds. The number of amides is 8. The van der Waals surface area contributed by atoms with Gasteiger partial charge < -0.3 is 66.9 Å². The molecular weight excluding hydrogens is 912 g/mol. The summed E-state index contributed by atoms with van der Waals surface area (Å²) < 4.78 is 5.79. The fourth-order valence-corrected chi connectivity index (χ4v) is 8.03. The monoisotopic (exact) mass is 980 g/mol. The van der Waals surface area contributed by atoms with Crippen molar-refractivity contribution >= 4 is 64.8 Å². The summed E-state index contributed by atoms with van der Waals surface area (Å²) in [6, 6.07) is -8.38. The van der Waals surface area contributed by atoms with E-state index in [9.17, 15) is 63.6 Å². The molecule has 0 unspecified atom stereocenters. The van der Waals surface area contributed by atoms with E-state index in [1.54, 1.807) is 34.6 Å². The molecule has 0 radical (unpaired) electrons. The zero-order valence-corrected chi connectivity index (χ0v) is 41.0. The first-order valence-electron chi connectivity index (χ1n) is 22.8. The number of hydrogen-bond acceptors (Lipinski definition) is 14. The summed E-state index contributed by atoms with van der Waals surface area (Å²) in [6.07, 6.45) is -6.53. The number of carbonyl (C=O) groups excluding carboxylic acids is 9. The summed E-state index contributed by atoms with van der Waals surface area (Å²) in [5.41, 5.74) is 0.330. The second-order valence-corrected chi connectivity index (χ2v) is 18.7. The number of nitrogens with one attached hydrogen (secondary N) is 6. The van der Waals surface area contributed by atoms with E-state index >= 15 is 0 Å². The van der Waals surface area contributed by atoms with Crippen molar-refractivity contribution in [2.45, 2.75) is 174 Å². The van der Waals surface area contributed by atoms with Crippen LogP contribution in [0.1, 0.15) is 100.0 Å². The highest BCUT2D eigenvalue weighted by Gasteiger charge is 2.47. The Morgan fingerprint density at radius 1 is 0.882 bits per heavy atom. The molecule has 2 aliphatic heterocycles. The van der Waals surface area contributed by atoms with Crippen LogP contribution >= 0.6 is 11.6 Å². The summed E-state index contributed by atoms with van der Waals surface area (Å²) in [5.74, 6) is -9.72. The number of ether oxygens (including phenoxy) is 1. The Labute approximate surface area is 401 Å². The number of fused-ring (bicyclic) bond motifs is 2. The lowest BCUT2D eigenvalue weighted by molar-refractivity contribution is -0.170. The molecule has 0 spiro atoms. The molecule has 12 atom stereocenters. The van der Waals surface area contributed by atoms with Gasteiger partial charge in [-0.25, -0.2) is 4.79 Å². The number of hydrogen-bond donors (Lipinski definition) is 10. The number of benzene rings is 1. The molecule has 0 aliphatic carbocycles. The normalized spacial score (nSPS) is 26.5. The SMILES string of the molecule is CCCC(=O)N[C@H](C)C(=O)N[C@@H](C(=O)N[C@H]1C(=O)N[C@@H](CC(C)C)C(=O)N[C@H]2CC[C@H](O)N(C2=O)[C@H]([C@@H](C)O)C(=O)N(C)[C@@H](Cc2ccc(O)c(Cl)c2)C(=O)N[C@H](C(C)C)C(=O)O[C@@H]1C)[C@@H](C)O. The molecule has 1 aromatic carbocycles.